The lowest BCUT2D eigenvalue weighted by molar-refractivity contribution is 0.336. The fourth-order valence-corrected chi connectivity index (χ4v) is 5.63. The van der Waals surface area contributed by atoms with Gasteiger partial charge in [0, 0.05) is 22.6 Å². The molecule has 0 amide bonds. The normalized spacial score (nSPS) is 12.9. The van der Waals surface area contributed by atoms with Crippen molar-refractivity contribution in [2.75, 3.05) is 0 Å². The van der Waals surface area contributed by atoms with Crippen LogP contribution in [0.3, 0.4) is 0 Å². The van der Waals surface area contributed by atoms with Gasteiger partial charge in [-0.05, 0) is 61.2 Å². The fraction of sp³-hybridized carbons (Fsp3) is 0.217. The van der Waals surface area contributed by atoms with Gasteiger partial charge >= 0.3 is 0 Å². The summed E-state index contributed by atoms with van der Waals surface area (Å²) in [4.78, 5) is 0.311. The van der Waals surface area contributed by atoms with Crippen LogP contribution in [0.15, 0.2) is 71.6 Å². The van der Waals surface area contributed by atoms with Crippen LogP contribution in [0.2, 0.25) is 10.0 Å². The van der Waals surface area contributed by atoms with Crippen LogP contribution in [0, 0.1) is 13.8 Å². The lowest BCUT2D eigenvalue weighted by Gasteiger charge is -2.30. The average Bonchev–Trinajstić information content (AvgIpc) is 2.69. The van der Waals surface area contributed by atoms with Gasteiger partial charge in [-0.15, -0.1) is 0 Å². The van der Waals surface area contributed by atoms with E-state index in [2.05, 4.69) is 0 Å². The third-order valence-electron chi connectivity index (χ3n) is 4.99. The maximum Gasteiger partial charge on any atom is 0.244 e. The number of nitrogens with zero attached hydrogens (tertiary/aromatic N) is 1. The van der Waals surface area contributed by atoms with E-state index in [1.807, 2.05) is 63.2 Å². The fourth-order valence-electron chi connectivity index (χ4n) is 3.26. The number of sulfonamides is 1. The van der Waals surface area contributed by atoms with E-state index < -0.39 is 10.0 Å². The summed E-state index contributed by atoms with van der Waals surface area (Å²) in [5.74, 6) is 0. The van der Waals surface area contributed by atoms with Crippen molar-refractivity contribution in [2.24, 2.45) is 0 Å². The molecule has 0 bridgehead atoms. The van der Waals surface area contributed by atoms with Crippen molar-refractivity contribution in [1.29, 1.82) is 0 Å². The second-order valence-corrected chi connectivity index (χ2v) is 9.84. The smallest absolute Gasteiger partial charge is 0.207 e. The van der Waals surface area contributed by atoms with Crippen LogP contribution in [-0.2, 0) is 16.6 Å². The standard InChI is InChI=1S/C23H23Cl2NO2S/c1-16-9-10-17(2)23(13-16)29(27,28)26(18(3)19-7-5-4-6-8-19)15-20-11-12-21(24)14-22(20)25/h4-14,18H,15H2,1-3H3/t18-/m0/s1. The summed E-state index contributed by atoms with van der Waals surface area (Å²) in [6.45, 7) is 5.73. The molecule has 6 heteroatoms. The Bertz CT molecular complexity index is 1110. The van der Waals surface area contributed by atoms with E-state index in [0.717, 1.165) is 11.1 Å². The van der Waals surface area contributed by atoms with Crippen LogP contribution in [0.5, 0.6) is 0 Å². The first-order valence-electron chi connectivity index (χ1n) is 9.28. The highest BCUT2D eigenvalue weighted by atomic mass is 35.5. The number of hydrogen-bond donors (Lipinski definition) is 0. The summed E-state index contributed by atoms with van der Waals surface area (Å²) in [5, 5.41) is 0.956. The highest BCUT2D eigenvalue weighted by Gasteiger charge is 2.31. The lowest BCUT2D eigenvalue weighted by Crippen LogP contribution is -2.33. The first-order valence-corrected chi connectivity index (χ1v) is 11.5. The Balaban J connectivity index is 2.12. The molecule has 0 saturated heterocycles. The third kappa shape index (κ3) is 4.84. The first-order chi connectivity index (χ1) is 13.7. The summed E-state index contributed by atoms with van der Waals surface area (Å²) in [6, 6.07) is 19.8. The molecule has 0 N–H and O–H groups in total. The van der Waals surface area contributed by atoms with Crippen LogP contribution < -0.4 is 0 Å². The van der Waals surface area contributed by atoms with E-state index in [9.17, 15) is 8.42 Å². The van der Waals surface area contributed by atoms with E-state index in [0.29, 0.717) is 26.1 Å². The van der Waals surface area contributed by atoms with E-state index in [4.69, 9.17) is 23.2 Å². The molecule has 0 aliphatic carbocycles. The first kappa shape index (κ1) is 21.8. The number of rotatable bonds is 6. The summed E-state index contributed by atoms with van der Waals surface area (Å²) in [7, 11) is -3.78. The van der Waals surface area contributed by atoms with Crippen molar-refractivity contribution in [3.05, 3.63) is 99.0 Å². The Labute approximate surface area is 182 Å². The minimum Gasteiger partial charge on any atom is -0.207 e. The number of aryl methyl sites for hydroxylation is 2. The summed E-state index contributed by atoms with van der Waals surface area (Å²) < 4.78 is 29.0. The third-order valence-corrected chi connectivity index (χ3v) is 7.63. The van der Waals surface area contributed by atoms with E-state index in [1.165, 1.54) is 4.31 Å². The molecule has 0 fully saturated rings. The van der Waals surface area contributed by atoms with Crippen LogP contribution >= 0.6 is 23.2 Å². The van der Waals surface area contributed by atoms with Crippen molar-refractivity contribution >= 4 is 33.2 Å². The van der Waals surface area contributed by atoms with Gasteiger partial charge in [0.05, 0.1) is 4.90 Å². The van der Waals surface area contributed by atoms with E-state index in [1.54, 1.807) is 24.3 Å². The monoisotopic (exact) mass is 447 g/mol. The van der Waals surface area contributed by atoms with Crippen LogP contribution in [0.1, 0.15) is 35.2 Å². The van der Waals surface area contributed by atoms with Gasteiger partial charge in [0.15, 0.2) is 0 Å². The van der Waals surface area contributed by atoms with Gasteiger partial charge in [-0.1, -0.05) is 71.7 Å². The predicted octanol–water partition coefficient (Wildman–Crippen LogP) is 6.56. The largest absolute Gasteiger partial charge is 0.244 e. The molecule has 0 unspecified atom stereocenters. The highest BCUT2D eigenvalue weighted by molar-refractivity contribution is 7.89. The summed E-state index contributed by atoms with van der Waals surface area (Å²) in [5.41, 5.74) is 3.22. The van der Waals surface area contributed by atoms with Crippen molar-refractivity contribution in [2.45, 2.75) is 38.3 Å². The average molecular weight is 448 g/mol. The molecule has 0 heterocycles. The lowest BCUT2D eigenvalue weighted by atomic mass is 10.1. The van der Waals surface area contributed by atoms with E-state index in [-0.39, 0.29) is 12.6 Å². The van der Waals surface area contributed by atoms with Crippen molar-refractivity contribution in [3.8, 4) is 0 Å². The van der Waals surface area contributed by atoms with Gasteiger partial charge in [0.2, 0.25) is 10.0 Å². The second kappa shape index (κ2) is 8.88. The molecule has 0 aliphatic heterocycles. The highest BCUT2D eigenvalue weighted by Crippen LogP contribution is 2.33. The molecule has 0 aromatic heterocycles. The van der Waals surface area contributed by atoms with Crippen molar-refractivity contribution in [1.82, 2.24) is 4.31 Å². The number of benzene rings is 3. The molecule has 1 atom stereocenters. The number of hydrogen-bond acceptors (Lipinski definition) is 2. The molecule has 0 spiro atoms. The molecule has 3 aromatic carbocycles. The molecular weight excluding hydrogens is 425 g/mol. The maximum absolute atomic E-state index is 13.8. The Hall–Kier alpha value is -1.85. The van der Waals surface area contributed by atoms with Gasteiger partial charge in [0.25, 0.3) is 0 Å². The molecule has 0 aliphatic rings. The Morgan fingerprint density at radius 1 is 0.931 bits per heavy atom. The molecule has 29 heavy (non-hydrogen) atoms. The summed E-state index contributed by atoms with van der Waals surface area (Å²) in [6.07, 6.45) is 0. The van der Waals surface area contributed by atoms with Gasteiger partial charge in [-0.3, -0.25) is 0 Å². The van der Waals surface area contributed by atoms with Gasteiger partial charge in [0.1, 0.15) is 0 Å². The molecule has 0 radical (unpaired) electrons. The second-order valence-electron chi connectivity index (χ2n) is 7.14. The predicted molar refractivity (Wildman–Crippen MR) is 120 cm³/mol. The van der Waals surface area contributed by atoms with Crippen LogP contribution in [0.4, 0.5) is 0 Å². The molecular formula is C23H23Cl2NO2S. The zero-order valence-corrected chi connectivity index (χ0v) is 18.9. The van der Waals surface area contributed by atoms with Crippen molar-refractivity contribution < 1.29 is 8.42 Å². The van der Waals surface area contributed by atoms with Crippen LogP contribution in [0.25, 0.3) is 0 Å². The summed E-state index contributed by atoms with van der Waals surface area (Å²) >= 11 is 12.4. The molecule has 0 saturated carbocycles. The Morgan fingerprint density at radius 3 is 2.28 bits per heavy atom. The van der Waals surface area contributed by atoms with Crippen molar-refractivity contribution in [3.63, 3.8) is 0 Å². The molecule has 3 aromatic rings. The maximum atomic E-state index is 13.8. The van der Waals surface area contributed by atoms with Gasteiger partial charge in [-0.2, -0.15) is 4.31 Å². The molecule has 152 valence electrons. The SMILES string of the molecule is Cc1ccc(C)c(S(=O)(=O)N(Cc2ccc(Cl)cc2Cl)[C@@H](C)c2ccccc2)c1. The van der Waals surface area contributed by atoms with E-state index >= 15 is 0 Å². The molecule has 3 rings (SSSR count). The van der Waals surface area contributed by atoms with Gasteiger partial charge < -0.3 is 0 Å². The molecule has 3 nitrogen and oxygen atoms in total. The Kier molecular flexibility index (Phi) is 6.69. The zero-order chi connectivity index (χ0) is 21.2. The quantitative estimate of drug-likeness (QED) is 0.428. The zero-order valence-electron chi connectivity index (χ0n) is 16.6. The van der Waals surface area contributed by atoms with Gasteiger partial charge in [-0.25, -0.2) is 8.42 Å². The topological polar surface area (TPSA) is 37.4 Å². The minimum absolute atomic E-state index is 0.141. The van der Waals surface area contributed by atoms with Crippen LogP contribution in [-0.4, -0.2) is 12.7 Å². The Morgan fingerprint density at radius 2 is 1.62 bits per heavy atom. The number of halogens is 2. The minimum atomic E-state index is -3.78.